The highest BCUT2D eigenvalue weighted by molar-refractivity contribution is 5.92. The van der Waals surface area contributed by atoms with E-state index in [1.807, 2.05) is 12.1 Å². The number of carbonyl (C=O) groups excluding carboxylic acids is 2. The molecular formula is C20H32N4O4. The Hall–Kier alpha value is -2.16. The first-order valence-electron chi connectivity index (χ1n) is 9.52. The molecule has 1 saturated heterocycles. The van der Waals surface area contributed by atoms with Gasteiger partial charge in [0.05, 0.1) is 33.4 Å². The van der Waals surface area contributed by atoms with Gasteiger partial charge in [-0.15, -0.1) is 0 Å². The number of rotatable bonds is 9. The summed E-state index contributed by atoms with van der Waals surface area (Å²) in [5, 5.41) is 5.79. The number of amides is 2. The number of methoxy groups -OCH3 is 1. The van der Waals surface area contributed by atoms with E-state index >= 15 is 0 Å². The quantitative estimate of drug-likeness (QED) is 0.647. The third-order valence-electron chi connectivity index (χ3n) is 4.77. The summed E-state index contributed by atoms with van der Waals surface area (Å²) in [6, 6.07) is 7.16. The molecule has 1 heterocycles. The van der Waals surface area contributed by atoms with Gasteiger partial charge < -0.3 is 20.1 Å². The fourth-order valence-electron chi connectivity index (χ4n) is 3.10. The minimum Gasteiger partial charge on any atom is -0.497 e. The largest absolute Gasteiger partial charge is 0.497 e. The molecule has 156 valence electrons. The number of likely N-dealkylation sites (N-methyl/N-ethyl adjacent to an activating group) is 1. The average molecular weight is 393 g/mol. The number of nitrogens with one attached hydrogen (secondary N) is 2. The highest BCUT2D eigenvalue weighted by Gasteiger charge is 2.28. The van der Waals surface area contributed by atoms with Gasteiger partial charge in [0.25, 0.3) is 0 Å². The van der Waals surface area contributed by atoms with Crippen LogP contribution in [-0.4, -0.2) is 87.2 Å². The van der Waals surface area contributed by atoms with Crippen LogP contribution in [0.1, 0.15) is 13.8 Å². The smallest absolute Gasteiger partial charge is 0.238 e. The monoisotopic (exact) mass is 392 g/mol. The molecular weight excluding hydrogens is 360 g/mol. The van der Waals surface area contributed by atoms with E-state index in [1.165, 1.54) is 0 Å². The zero-order valence-corrected chi connectivity index (χ0v) is 17.3. The topological polar surface area (TPSA) is 83.1 Å². The van der Waals surface area contributed by atoms with Crippen molar-refractivity contribution in [3.8, 4) is 5.75 Å². The predicted molar refractivity (Wildman–Crippen MR) is 109 cm³/mol. The number of nitrogens with zero attached hydrogens (tertiary/aromatic N) is 2. The number of morpholine rings is 1. The number of benzene rings is 1. The summed E-state index contributed by atoms with van der Waals surface area (Å²) in [7, 11) is 3.32. The van der Waals surface area contributed by atoms with Crippen LogP contribution < -0.4 is 15.4 Å². The molecule has 8 nitrogen and oxygen atoms in total. The van der Waals surface area contributed by atoms with Crippen molar-refractivity contribution in [2.24, 2.45) is 0 Å². The van der Waals surface area contributed by atoms with Gasteiger partial charge in [-0.2, -0.15) is 0 Å². The van der Waals surface area contributed by atoms with Crippen molar-refractivity contribution < 1.29 is 19.1 Å². The maximum atomic E-state index is 12.3. The van der Waals surface area contributed by atoms with Gasteiger partial charge in [0, 0.05) is 36.9 Å². The molecule has 1 fully saturated rings. The molecule has 8 heteroatoms. The van der Waals surface area contributed by atoms with E-state index in [-0.39, 0.29) is 30.4 Å². The zero-order chi connectivity index (χ0) is 20.6. The molecule has 0 saturated carbocycles. The van der Waals surface area contributed by atoms with Crippen LogP contribution in [0, 0.1) is 0 Å². The Morgan fingerprint density at radius 2 is 1.89 bits per heavy atom. The first-order valence-corrected chi connectivity index (χ1v) is 9.52. The second-order valence-corrected chi connectivity index (χ2v) is 7.64. The summed E-state index contributed by atoms with van der Waals surface area (Å²) in [6.45, 7) is 8.25. The van der Waals surface area contributed by atoms with Crippen molar-refractivity contribution in [3.63, 3.8) is 0 Å². The van der Waals surface area contributed by atoms with E-state index in [2.05, 4.69) is 29.4 Å². The molecule has 2 amide bonds. The van der Waals surface area contributed by atoms with Crippen LogP contribution in [-0.2, 0) is 14.3 Å². The van der Waals surface area contributed by atoms with Gasteiger partial charge in [0.1, 0.15) is 5.75 Å². The fraction of sp³-hybridized carbons (Fsp3) is 0.600. The SMILES string of the molecule is COc1cccc(NC(=O)CN(C)CC(=O)NCC(C)(C)N2CCOCC2)c1. The van der Waals surface area contributed by atoms with Gasteiger partial charge in [-0.1, -0.05) is 6.07 Å². The van der Waals surface area contributed by atoms with Crippen LogP contribution in [0.4, 0.5) is 5.69 Å². The van der Waals surface area contributed by atoms with E-state index in [0.717, 1.165) is 26.3 Å². The van der Waals surface area contributed by atoms with E-state index in [0.29, 0.717) is 18.0 Å². The van der Waals surface area contributed by atoms with Gasteiger partial charge in [0.2, 0.25) is 11.8 Å². The van der Waals surface area contributed by atoms with Gasteiger partial charge in [-0.05, 0) is 33.0 Å². The van der Waals surface area contributed by atoms with Crippen LogP contribution in [0.25, 0.3) is 0 Å². The van der Waals surface area contributed by atoms with Crippen molar-refractivity contribution in [2.75, 3.05) is 65.4 Å². The fourth-order valence-corrected chi connectivity index (χ4v) is 3.10. The molecule has 0 spiro atoms. The van der Waals surface area contributed by atoms with E-state index in [9.17, 15) is 9.59 Å². The van der Waals surface area contributed by atoms with E-state index in [4.69, 9.17) is 9.47 Å². The van der Waals surface area contributed by atoms with E-state index < -0.39 is 0 Å². The van der Waals surface area contributed by atoms with Crippen LogP contribution in [0.15, 0.2) is 24.3 Å². The zero-order valence-electron chi connectivity index (χ0n) is 17.3. The summed E-state index contributed by atoms with van der Waals surface area (Å²) >= 11 is 0. The van der Waals surface area contributed by atoms with Crippen LogP contribution in [0.3, 0.4) is 0 Å². The lowest BCUT2D eigenvalue weighted by atomic mass is 10.0. The number of hydrogen-bond acceptors (Lipinski definition) is 6. The molecule has 0 bridgehead atoms. The highest BCUT2D eigenvalue weighted by atomic mass is 16.5. The molecule has 1 aliphatic heterocycles. The van der Waals surface area contributed by atoms with Crippen molar-refractivity contribution >= 4 is 17.5 Å². The Balaban J connectivity index is 1.73. The summed E-state index contributed by atoms with van der Waals surface area (Å²) in [6.07, 6.45) is 0. The standard InChI is InChI=1S/C20H32N4O4/c1-20(2,24-8-10-28-11-9-24)15-21-18(25)13-23(3)14-19(26)22-16-6-5-7-17(12-16)27-4/h5-7,12H,8-11,13-15H2,1-4H3,(H,21,25)(H,22,26). The second-order valence-electron chi connectivity index (χ2n) is 7.64. The Morgan fingerprint density at radius 1 is 1.21 bits per heavy atom. The van der Waals surface area contributed by atoms with Crippen molar-refractivity contribution in [3.05, 3.63) is 24.3 Å². The van der Waals surface area contributed by atoms with Crippen LogP contribution in [0.2, 0.25) is 0 Å². The number of carbonyl (C=O) groups is 2. The Morgan fingerprint density at radius 3 is 2.57 bits per heavy atom. The first-order chi connectivity index (χ1) is 13.3. The minimum absolute atomic E-state index is 0.0991. The third-order valence-corrected chi connectivity index (χ3v) is 4.77. The van der Waals surface area contributed by atoms with Crippen LogP contribution in [0.5, 0.6) is 5.75 Å². The molecule has 0 atom stereocenters. The molecule has 2 rings (SSSR count). The number of anilines is 1. The Kier molecular flexibility index (Phi) is 8.22. The normalized spacial score (nSPS) is 15.3. The average Bonchev–Trinajstić information content (AvgIpc) is 2.67. The molecule has 0 aromatic heterocycles. The number of ether oxygens (including phenoxy) is 2. The summed E-state index contributed by atoms with van der Waals surface area (Å²) in [4.78, 5) is 28.5. The summed E-state index contributed by atoms with van der Waals surface area (Å²) < 4.78 is 10.5. The lowest BCUT2D eigenvalue weighted by molar-refractivity contribution is -0.123. The Bertz CT molecular complexity index is 659. The first kappa shape index (κ1) is 22.1. The molecule has 1 aromatic carbocycles. The molecule has 0 unspecified atom stereocenters. The maximum absolute atomic E-state index is 12.3. The molecule has 0 radical (unpaired) electrons. The lowest BCUT2D eigenvalue weighted by Gasteiger charge is -2.40. The maximum Gasteiger partial charge on any atom is 0.238 e. The van der Waals surface area contributed by atoms with Gasteiger partial charge in [0.15, 0.2) is 0 Å². The summed E-state index contributed by atoms with van der Waals surface area (Å²) in [5.41, 5.74) is 0.524. The minimum atomic E-state index is -0.183. The van der Waals surface area contributed by atoms with Gasteiger partial charge in [-0.25, -0.2) is 0 Å². The lowest BCUT2D eigenvalue weighted by Crippen LogP contribution is -2.56. The van der Waals surface area contributed by atoms with Gasteiger partial charge in [-0.3, -0.25) is 19.4 Å². The Labute approximate surface area is 167 Å². The second kappa shape index (κ2) is 10.4. The van der Waals surface area contributed by atoms with Crippen LogP contribution >= 0.6 is 0 Å². The van der Waals surface area contributed by atoms with Gasteiger partial charge >= 0.3 is 0 Å². The molecule has 1 aliphatic rings. The molecule has 1 aromatic rings. The van der Waals surface area contributed by atoms with E-state index in [1.54, 1.807) is 31.2 Å². The van der Waals surface area contributed by atoms with Crippen molar-refractivity contribution in [1.29, 1.82) is 0 Å². The third kappa shape index (κ3) is 7.10. The van der Waals surface area contributed by atoms with Crippen molar-refractivity contribution in [1.82, 2.24) is 15.1 Å². The summed E-state index contributed by atoms with van der Waals surface area (Å²) in [5.74, 6) is 0.392. The molecule has 2 N–H and O–H groups in total. The van der Waals surface area contributed by atoms with Crippen molar-refractivity contribution in [2.45, 2.75) is 19.4 Å². The predicted octanol–water partition coefficient (Wildman–Crippen LogP) is 0.793. The highest BCUT2D eigenvalue weighted by Crippen LogP contribution is 2.17. The molecule has 0 aliphatic carbocycles. The number of hydrogen-bond donors (Lipinski definition) is 2. The molecule has 28 heavy (non-hydrogen) atoms.